The summed E-state index contributed by atoms with van der Waals surface area (Å²) >= 11 is 1.63. The van der Waals surface area contributed by atoms with E-state index in [0.29, 0.717) is 5.75 Å². The Balaban J connectivity index is 1.82. The normalized spacial score (nSPS) is 20.4. The quantitative estimate of drug-likeness (QED) is 0.864. The third-order valence-corrected chi connectivity index (χ3v) is 6.43. The molecule has 4 rings (SSSR count). The number of rotatable bonds is 3. The van der Waals surface area contributed by atoms with Crippen LogP contribution in [-0.2, 0) is 6.42 Å². The summed E-state index contributed by atoms with van der Waals surface area (Å²) in [7, 11) is 3.82. The van der Waals surface area contributed by atoms with E-state index >= 15 is 0 Å². The predicted octanol–water partition coefficient (Wildman–Crippen LogP) is 2.16. The second-order valence-electron chi connectivity index (χ2n) is 6.74. The molecule has 0 spiro atoms. The van der Waals surface area contributed by atoms with Crippen LogP contribution in [0.4, 0.5) is 5.00 Å². The molecule has 136 valence electrons. The van der Waals surface area contributed by atoms with Gasteiger partial charge < -0.3 is 24.4 Å². The van der Waals surface area contributed by atoms with Gasteiger partial charge in [-0.1, -0.05) is 0 Å². The van der Waals surface area contributed by atoms with Gasteiger partial charge >= 0.3 is 0 Å². The van der Waals surface area contributed by atoms with Crippen LogP contribution in [-0.4, -0.2) is 27.5 Å². The topological polar surface area (TPSA) is 68.0 Å². The number of hydrogen-bond donors (Lipinski definition) is 2. The molecule has 26 heavy (non-hydrogen) atoms. The first kappa shape index (κ1) is 17.0. The van der Waals surface area contributed by atoms with E-state index in [0.717, 1.165) is 51.0 Å². The lowest BCUT2D eigenvalue weighted by molar-refractivity contribution is -0.910. The summed E-state index contributed by atoms with van der Waals surface area (Å²) < 4.78 is 17.0. The number of benzene rings is 1. The van der Waals surface area contributed by atoms with Crippen molar-refractivity contribution in [3.8, 4) is 23.3 Å². The Morgan fingerprint density at radius 3 is 2.92 bits per heavy atom. The molecule has 0 saturated carbocycles. The van der Waals surface area contributed by atoms with Gasteiger partial charge in [0.25, 0.3) is 0 Å². The van der Waals surface area contributed by atoms with Gasteiger partial charge in [0.05, 0.1) is 31.8 Å². The Morgan fingerprint density at radius 1 is 1.38 bits per heavy atom. The van der Waals surface area contributed by atoms with Gasteiger partial charge in [0.1, 0.15) is 11.1 Å². The van der Waals surface area contributed by atoms with Crippen LogP contribution in [0.25, 0.3) is 0 Å². The maximum absolute atomic E-state index is 9.58. The summed E-state index contributed by atoms with van der Waals surface area (Å²) in [6, 6.07) is 4.41. The number of nitriles is 1. The number of methoxy groups -OCH3 is 1. The van der Waals surface area contributed by atoms with Crippen molar-refractivity contribution in [3.63, 3.8) is 0 Å². The van der Waals surface area contributed by atoms with E-state index < -0.39 is 0 Å². The van der Waals surface area contributed by atoms with E-state index in [1.807, 2.05) is 6.92 Å². The third kappa shape index (κ3) is 2.49. The largest absolute Gasteiger partial charge is 0.492 e. The van der Waals surface area contributed by atoms with Crippen molar-refractivity contribution < 1.29 is 19.1 Å². The number of nitrogens with zero attached hydrogens (tertiary/aromatic N) is 1. The number of anilines is 1. The zero-order valence-electron chi connectivity index (χ0n) is 15.4. The van der Waals surface area contributed by atoms with Crippen molar-refractivity contribution in [2.75, 3.05) is 32.8 Å². The molecule has 2 aliphatic heterocycles. The SMILES string of the molecule is COc1c2c(cc3c1[C@H](Nc1sc(C)c(C)c1C#N)[NH+](C)CC3)OCO2. The zero-order valence-corrected chi connectivity index (χ0v) is 16.2. The lowest BCUT2D eigenvalue weighted by Gasteiger charge is -2.33. The number of aryl methyl sites for hydroxylation is 1. The summed E-state index contributed by atoms with van der Waals surface area (Å²) in [5.74, 6) is 2.15. The van der Waals surface area contributed by atoms with Crippen LogP contribution >= 0.6 is 11.3 Å². The molecule has 3 heterocycles. The highest BCUT2D eigenvalue weighted by atomic mass is 32.1. The van der Waals surface area contributed by atoms with Crippen LogP contribution in [0.15, 0.2) is 6.07 Å². The van der Waals surface area contributed by atoms with E-state index in [2.05, 4.69) is 31.4 Å². The van der Waals surface area contributed by atoms with Crippen molar-refractivity contribution in [1.82, 2.24) is 0 Å². The molecule has 2 aromatic rings. The molecule has 7 heteroatoms. The number of likely N-dealkylation sites (N-methyl/N-ethyl adjacent to an activating group) is 1. The fourth-order valence-electron chi connectivity index (χ4n) is 3.72. The van der Waals surface area contributed by atoms with Crippen molar-refractivity contribution in [1.29, 1.82) is 5.26 Å². The number of hydrogen-bond acceptors (Lipinski definition) is 6. The summed E-state index contributed by atoms with van der Waals surface area (Å²) in [6.45, 7) is 5.26. The van der Waals surface area contributed by atoms with E-state index in [-0.39, 0.29) is 13.0 Å². The molecular formula is C19H22N3O3S+. The molecule has 1 unspecified atom stereocenters. The number of thiophene rings is 1. The molecule has 0 aliphatic carbocycles. The molecule has 1 aromatic heterocycles. The monoisotopic (exact) mass is 372 g/mol. The molecule has 2 aliphatic rings. The Morgan fingerprint density at radius 2 is 2.19 bits per heavy atom. The molecule has 2 N–H and O–H groups in total. The Bertz CT molecular complexity index is 916. The predicted molar refractivity (Wildman–Crippen MR) is 99.4 cm³/mol. The van der Waals surface area contributed by atoms with Gasteiger partial charge in [0.2, 0.25) is 12.5 Å². The summed E-state index contributed by atoms with van der Waals surface area (Å²) in [4.78, 5) is 2.48. The van der Waals surface area contributed by atoms with Crippen LogP contribution < -0.4 is 24.4 Å². The van der Waals surface area contributed by atoms with Crippen molar-refractivity contribution >= 4 is 16.3 Å². The average molecular weight is 372 g/mol. The van der Waals surface area contributed by atoms with E-state index in [1.165, 1.54) is 10.5 Å². The van der Waals surface area contributed by atoms with Crippen LogP contribution in [0.2, 0.25) is 0 Å². The third-order valence-electron chi connectivity index (χ3n) is 5.29. The fraction of sp³-hybridized carbons (Fsp3) is 0.421. The smallest absolute Gasteiger partial charge is 0.231 e. The van der Waals surface area contributed by atoms with Gasteiger partial charge in [-0.15, -0.1) is 11.3 Å². The van der Waals surface area contributed by atoms with Crippen LogP contribution in [0, 0.1) is 25.2 Å². The molecule has 1 aromatic carbocycles. The van der Waals surface area contributed by atoms with Gasteiger partial charge in [-0.2, -0.15) is 5.26 Å². The lowest BCUT2D eigenvalue weighted by atomic mass is 9.95. The second-order valence-corrected chi connectivity index (χ2v) is 7.96. The number of fused-ring (bicyclic) bond motifs is 2. The molecule has 0 bridgehead atoms. The van der Waals surface area contributed by atoms with Gasteiger partial charge in [-0.25, -0.2) is 0 Å². The molecule has 6 nitrogen and oxygen atoms in total. The summed E-state index contributed by atoms with van der Waals surface area (Å²) in [5, 5.41) is 14.1. The molecule has 0 saturated heterocycles. The van der Waals surface area contributed by atoms with Crippen molar-refractivity contribution in [2.24, 2.45) is 0 Å². The van der Waals surface area contributed by atoms with Crippen LogP contribution in [0.5, 0.6) is 17.2 Å². The fourth-order valence-corrected chi connectivity index (χ4v) is 4.75. The number of nitrogens with one attached hydrogen (secondary N) is 2. The van der Waals surface area contributed by atoms with E-state index in [1.54, 1.807) is 18.4 Å². The maximum Gasteiger partial charge on any atom is 0.231 e. The first-order chi connectivity index (χ1) is 12.5. The molecule has 0 fully saturated rings. The Labute approximate surface area is 156 Å². The molecule has 0 amide bonds. The minimum atomic E-state index is -0.0206. The molecule has 0 radical (unpaired) electrons. The van der Waals surface area contributed by atoms with Gasteiger partial charge in [0, 0.05) is 11.3 Å². The minimum absolute atomic E-state index is 0.0206. The first-order valence-electron chi connectivity index (χ1n) is 8.63. The highest BCUT2D eigenvalue weighted by molar-refractivity contribution is 7.16. The lowest BCUT2D eigenvalue weighted by Crippen LogP contribution is -3.11. The van der Waals surface area contributed by atoms with Crippen LogP contribution in [0.1, 0.15) is 33.3 Å². The highest BCUT2D eigenvalue weighted by Crippen LogP contribution is 2.47. The van der Waals surface area contributed by atoms with Gasteiger partial charge in [-0.05, 0) is 31.0 Å². The highest BCUT2D eigenvalue weighted by Gasteiger charge is 2.37. The van der Waals surface area contributed by atoms with Gasteiger partial charge in [0.15, 0.2) is 17.7 Å². The number of ether oxygens (including phenoxy) is 3. The van der Waals surface area contributed by atoms with Crippen LogP contribution in [0.3, 0.4) is 0 Å². The summed E-state index contributed by atoms with van der Waals surface area (Å²) in [6.07, 6.45) is 0.924. The first-order valence-corrected chi connectivity index (χ1v) is 9.45. The van der Waals surface area contributed by atoms with Crippen molar-refractivity contribution in [2.45, 2.75) is 26.4 Å². The van der Waals surface area contributed by atoms with Gasteiger partial charge in [-0.3, -0.25) is 0 Å². The summed E-state index contributed by atoms with van der Waals surface area (Å²) in [5.41, 5.74) is 4.07. The van der Waals surface area contributed by atoms with E-state index in [9.17, 15) is 5.26 Å². The average Bonchev–Trinajstić information content (AvgIpc) is 3.20. The van der Waals surface area contributed by atoms with Crippen molar-refractivity contribution in [3.05, 3.63) is 33.2 Å². The number of quaternary nitrogens is 1. The minimum Gasteiger partial charge on any atom is -0.492 e. The Hall–Kier alpha value is -2.43. The second kappa shape index (κ2) is 6.38. The maximum atomic E-state index is 9.58. The zero-order chi connectivity index (χ0) is 18.4. The Kier molecular flexibility index (Phi) is 4.17. The molecular weight excluding hydrogens is 350 g/mol. The standard InChI is InChI=1S/C19H21N3O3S/c1-10-11(2)26-19(13(10)8-20)21-18-15-12(5-6-22(18)3)7-14-16(17(15)23-4)25-9-24-14/h7,18,21H,5-6,9H2,1-4H3/p+1/t18-/m1/s1. The van der Waals surface area contributed by atoms with E-state index in [4.69, 9.17) is 14.2 Å². The molecule has 2 atom stereocenters.